The highest BCUT2D eigenvalue weighted by Gasteiger charge is 2.09. The molecule has 0 heterocycles. The number of Topliss-reactive ketones (excluding diaryl/α,β-unsaturated/α-hetero) is 1. The summed E-state index contributed by atoms with van der Waals surface area (Å²) in [5, 5.41) is 0. The van der Waals surface area contributed by atoms with Gasteiger partial charge in [0.25, 0.3) is 0 Å². The third-order valence-electron chi connectivity index (χ3n) is 2.64. The van der Waals surface area contributed by atoms with Crippen molar-refractivity contribution in [2.45, 2.75) is 19.8 Å². The molecule has 1 aromatic carbocycles. The SMILES string of the molecule is CCOC(=O)CCC(=O)COc1cc(OC)cc(OC)c1. The molecule has 6 nitrogen and oxygen atoms in total. The number of ether oxygens (including phenoxy) is 4. The van der Waals surface area contributed by atoms with Crippen molar-refractivity contribution in [2.75, 3.05) is 27.4 Å². The first kappa shape index (κ1) is 16.8. The Hall–Kier alpha value is -2.24. The number of benzene rings is 1. The van der Waals surface area contributed by atoms with E-state index in [0.717, 1.165) is 0 Å². The Morgan fingerprint density at radius 2 is 1.52 bits per heavy atom. The molecule has 0 aliphatic carbocycles. The molecule has 21 heavy (non-hydrogen) atoms. The zero-order valence-electron chi connectivity index (χ0n) is 12.5. The number of ketones is 1. The van der Waals surface area contributed by atoms with Crippen molar-refractivity contribution in [1.29, 1.82) is 0 Å². The van der Waals surface area contributed by atoms with Crippen molar-refractivity contribution in [1.82, 2.24) is 0 Å². The molecular weight excluding hydrogens is 276 g/mol. The van der Waals surface area contributed by atoms with Gasteiger partial charge in [0.15, 0.2) is 5.78 Å². The maximum atomic E-state index is 11.6. The molecule has 0 saturated heterocycles. The molecule has 0 fully saturated rings. The van der Waals surface area contributed by atoms with Gasteiger partial charge in [0, 0.05) is 24.6 Å². The van der Waals surface area contributed by atoms with Gasteiger partial charge in [0.05, 0.1) is 27.2 Å². The highest BCUT2D eigenvalue weighted by molar-refractivity contribution is 5.84. The van der Waals surface area contributed by atoms with E-state index in [2.05, 4.69) is 0 Å². The van der Waals surface area contributed by atoms with E-state index in [4.69, 9.17) is 18.9 Å². The van der Waals surface area contributed by atoms with E-state index in [0.29, 0.717) is 23.9 Å². The maximum Gasteiger partial charge on any atom is 0.306 e. The molecule has 0 aliphatic heterocycles. The van der Waals surface area contributed by atoms with Gasteiger partial charge >= 0.3 is 5.97 Å². The van der Waals surface area contributed by atoms with E-state index in [1.807, 2.05) is 0 Å². The van der Waals surface area contributed by atoms with Crippen LogP contribution in [0.25, 0.3) is 0 Å². The van der Waals surface area contributed by atoms with Gasteiger partial charge in [-0.3, -0.25) is 9.59 Å². The standard InChI is InChI=1S/C15H20O6/c1-4-20-15(17)6-5-11(16)10-21-14-8-12(18-2)7-13(9-14)19-3/h7-9H,4-6,10H2,1-3H3. The fourth-order valence-electron chi connectivity index (χ4n) is 1.58. The summed E-state index contributed by atoms with van der Waals surface area (Å²) >= 11 is 0. The summed E-state index contributed by atoms with van der Waals surface area (Å²) in [6, 6.07) is 5.01. The lowest BCUT2D eigenvalue weighted by atomic mass is 10.2. The van der Waals surface area contributed by atoms with Crippen LogP contribution in [0.4, 0.5) is 0 Å². The molecular formula is C15H20O6. The van der Waals surface area contributed by atoms with Crippen molar-refractivity contribution in [3.8, 4) is 17.2 Å². The first-order chi connectivity index (χ1) is 10.1. The van der Waals surface area contributed by atoms with Crippen molar-refractivity contribution >= 4 is 11.8 Å². The number of carbonyl (C=O) groups excluding carboxylic acids is 2. The van der Waals surface area contributed by atoms with Gasteiger partial charge in [-0.15, -0.1) is 0 Å². The number of esters is 1. The molecule has 0 amide bonds. The molecule has 0 saturated carbocycles. The van der Waals surface area contributed by atoms with E-state index in [1.54, 1.807) is 25.1 Å². The average molecular weight is 296 g/mol. The predicted molar refractivity (Wildman–Crippen MR) is 75.9 cm³/mol. The van der Waals surface area contributed by atoms with Gasteiger partial charge in [-0.2, -0.15) is 0 Å². The van der Waals surface area contributed by atoms with Crippen LogP contribution < -0.4 is 14.2 Å². The fraction of sp³-hybridized carbons (Fsp3) is 0.467. The van der Waals surface area contributed by atoms with E-state index < -0.39 is 0 Å². The van der Waals surface area contributed by atoms with E-state index in [-0.39, 0.29) is 31.2 Å². The lowest BCUT2D eigenvalue weighted by Gasteiger charge is -2.09. The summed E-state index contributed by atoms with van der Waals surface area (Å²) in [7, 11) is 3.06. The molecule has 0 N–H and O–H groups in total. The van der Waals surface area contributed by atoms with Gasteiger partial charge in [0.1, 0.15) is 23.9 Å². The van der Waals surface area contributed by atoms with Gasteiger partial charge in [0.2, 0.25) is 0 Å². The zero-order chi connectivity index (χ0) is 15.7. The third kappa shape index (κ3) is 6.16. The Morgan fingerprint density at radius 3 is 2.05 bits per heavy atom. The van der Waals surface area contributed by atoms with Crippen LogP contribution in [-0.2, 0) is 14.3 Å². The van der Waals surface area contributed by atoms with Gasteiger partial charge in [-0.1, -0.05) is 0 Å². The summed E-state index contributed by atoms with van der Waals surface area (Å²) in [6.07, 6.45) is 0.164. The van der Waals surface area contributed by atoms with Crippen molar-refractivity contribution in [3.63, 3.8) is 0 Å². The van der Waals surface area contributed by atoms with Crippen LogP contribution >= 0.6 is 0 Å². The Bertz CT molecular complexity index is 461. The summed E-state index contributed by atoms with van der Waals surface area (Å²) in [4.78, 5) is 22.8. The van der Waals surface area contributed by atoms with Gasteiger partial charge in [-0.05, 0) is 6.92 Å². The summed E-state index contributed by atoms with van der Waals surface area (Å²) in [5.74, 6) is 1.06. The number of hydrogen-bond donors (Lipinski definition) is 0. The second-order valence-electron chi connectivity index (χ2n) is 4.18. The van der Waals surface area contributed by atoms with Crippen LogP contribution in [0.15, 0.2) is 18.2 Å². The van der Waals surface area contributed by atoms with Crippen LogP contribution in [0.3, 0.4) is 0 Å². The normalized spacial score (nSPS) is 9.86. The Morgan fingerprint density at radius 1 is 0.952 bits per heavy atom. The molecule has 0 spiro atoms. The highest BCUT2D eigenvalue weighted by atomic mass is 16.5. The largest absolute Gasteiger partial charge is 0.496 e. The molecule has 0 aromatic heterocycles. The van der Waals surface area contributed by atoms with Crippen LogP contribution in [0.2, 0.25) is 0 Å². The lowest BCUT2D eigenvalue weighted by molar-refractivity contribution is -0.144. The Balaban J connectivity index is 2.47. The third-order valence-corrected chi connectivity index (χ3v) is 2.64. The van der Waals surface area contributed by atoms with Crippen molar-refractivity contribution in [3.05, 3.63) is 18.2 Å². The summed E-state index contributed by atoms with van der Waals surface area (Å²) in [5.41, 5.74) is 0. The quantitative estimate of drug-likeness (QED) is 0.649. The molecule has 116 valence electrons. The molecule has 0 aliphatic rings. The molecule has 1 rings (SSSR count). The second kappa shape index (κ2) is 8.84. The molecule has 0 atom stereocenters. The first-order valence-electron chi connectivity index (χ1n) is 6.62. The van der Waals surface area contributed by atoms with E-state index in [9.17, 15) is 9.59 Å². The second-order valence-corrected chi connectivity index (χ2v) is 4.18. The lowest BCUT2D eigenvalue weighted by Crippen LogP contribution is -2.14. The molecule has 6 heteroatoms. The average Bonchev–Trinajstić information content (AvgIpc) is 2.50. The van der Waals surface area contributed by atoms with Crippen LogP contribution in [0.1, 0.15) is 19.8 Å². The predicted octanol–water partition coefficient (Wildman–Crippen LogP) is 1.99. The minimum atomic E-state index is -0.381. The van der Waals surface area contributed by atoms with Crippen LogP contribution in [0.5, 0.6) is 17.2 Å². The minimum Gasteiger partial charge on any atom is -0.496 e. The minimum absolute atomic E-state index is 0.0669. The fourth-order valence-corrected chi connectivity index (χ4v) is 1.58. The van der Waals surface area contributed by atoms with Crippen molar-refractivity contribution in [2.24, 2.45) is 0 Å². The smallest absolute Gasteiger partial charge is 0.306 e. The van der Waals surface area contributed by atoms with E-state index >= 15 is 0 Å². The van der Waals surface area contributed by atoms with Gasteiger partial charge in [-0.25, -0.2) is 0 Å². The van der Waals surface area contributed by atoms with Crippen LogP contribution in [-0.4, -0.2) is 39.2 Å². The molecule has 0 bridgehead atoms. The molecule has 0 unspecified atom stereocenters. The molecule has 0 radical (unpaired) electrons. The summed E-state index contributed by atoms with van der Waals surface area (Å²) in [6.45, 7) is 1.92. The topological polar surface area (TPSA) is 71.1 Å². The van der Waals surface area contributed by atoms with Crippen LogP contribution in [0, 0.1) is 0 Å². The molecule has 1 aromatic rings. The monoisotopic (exact) mass is 296 g/mol. The number of methoxy groups -OCH3 is 2. The van der Waals surface area contributed by atoms with Crippen molar-refractivity contribution < 1.29 is 28.5 Å². The maximum absolute atomic E-state index is 11.6. The number of hydrogen-bond acceptors (Lipinski definition) is 6. The summed E-state index contributed by atoms with van der Waals surface area (Å²) < 4.78 is 20.3. The van der Waals surface area contributed by atoms with Gasteiger partial charge < -0.3 is 18.9 Å². The Kier molecular flexibility index (Phi) is 7.08. The van der Waals surface area contributed by atoms with E-state index in [1.165, 1.54) is 14.2 Å². The first-order valence-corrected chi connectivity index (χ1v) is 6.62. The highest BCUT2D eigenvalue weighted by Crippen LogP contribution is 2.27. The number of carbonyl (C=O) groups is 2. The Labute approximate surface area is 123 Å². The zero-order valence-corrected chi connectivity index (χ0v) is 12.5. The number of rotatable bonds is 9.